The van der Waals surface area contributed by atoms with Crippen LogP contribution in [-0.2, 0) is 36.7 Å². The SMILES string of the molecule is CC(C)(C)c1cc(-c2cc(-c3ccc(CC(C)(C)C(F)(F)F)cc3)[c]([Ge]([CH3])([CH3])[CH3])nn2)[c-]c2ccccc12.CCC(CC)C(=O)/C=C(\O)C(CC)CC.[Ir]. The number of nitrogens with zero attached hydrogens (tertiary/aromatic N) is 2. The van der Waals surface area contributed by atoms with Gasteiger partial charge in [0, 0.05) is 38.0 Å². The maximum atomic E-state index is 13.4. The van der Waals surface area contributed by atoms with E-state index in [-0.39, 0.29) is 55.3 Å². The van der Waals surface area contributed by atoms with Gasteiger partial charge in [0.1, 0.15) is 0 Å². The van der Waals surface area contributed by atoms with Gasteiger partial charge < -0.3 is 5.11 Å². The van der Waals surface area contributed by atoms with E-state index in [0.29, 0.717) is 5.56 Å². The van der Waals surface area contributed by atoms with Crippen molar-refractivity contribution in [2.75, 3.05) is 0 Å². The summed E-state index contributed by atoms with van der Waals surface area (Å²) in [6.45, 7) is 17.2. The summed E-state index contributed by atoms with van der Waals surface area (Å²) in [7, 11) is 0. The van der Waals surface area contributed by atoms with Gasteiger partial charge in [-0.1, -0.05) is 27.7 Å². The summed E-state index contributed by atoms with van der Waals surface area (Å²) >= 11 is -2.44. The minimum Gasteiger partial charge on any atom is -0.512 e. The molecule has 1 N–H and O–H groups in total. The Bertz CT molecular complexity index is 1870. The van der Waals surface area contributed by atoms with Crippen molar-refractivity contribution >= 4 is 34.3 Å². The zero-order chi connectivity index (χ0) is 39.9. The second kappa shape index (κ2) is 19.4. The van der Waals surface area contributed by atoms with Gasteiger partial charge in [-0.2, -0.15) is 0 Å². The van der Waals surface area contributed by atoms with E-state index in [2.05, 4.69) is 73.5 Å². The van der Waals surface area contributed by atoms with Crippen LogP contribution in [0.1, 0.15) is 99.1 Å². The van der Waals surface area contributed by atoms with Crippen molar-refractivity contribution in [3.63, 3.8) is 0 Å². The number of aliphatic hydroxyl groups is 1. The van der Waals surface area contributed by atoms with Crippen molar-refractivity contribution in [2.24, 2.45) is 17.3 Å². The maximum absolute atomic E-state index is 13.4. The summed E-state index contributed by atoms with van der Waals surface area (Å²) in [6, 6.07) is 23.5. The predicted octanol–water partition coefficient (Wildman–Crippen LogP) is 12.6. The van der Waals surface area contributed by atoms with Gasteiger partial charge in [0.05, 0.1) is 5.76 Å². The first-order valence-corrected chi connectivity index (χ1v) is 26.4. The third-order valence-corrected chi connectivity index (χ3v) is 13.9. The summed E-state index contributed by atoms with van der Waals surface area (Å²) in [5, 5.41) is 21.4. The van der Waals surface area contributed by atoms with Crippen molar-refractivity contribution in [1.82, 2.24) is 10.2 Å². The largest absolute Gasteiger partial charge is 0.512 e. The van der Waals surface area contributed by atoms with Crippen LogP contribution in [0.15, 0.2) is 72.5 Å². The normalized spacial score (nSPS) is 12.8. The van der Waals surface area contributed by atoms with E-state index in [1.165, 1.54) is 30.9 Å². The zero-order valence-corrected chi connectivity index (χ0v) is 38.8. The minimum atomic E-state index is -4.26. The number of allylic oxidation sites excluding steroid dienone is 2. The topological polar surface area (TPSA) is 63.1 Å². The molecule has 0 aliphatic carbocycles. The summed E-state index contributed by atoms with van der Waals surface area (Å²) < 4.78 is 41.3. The summed E-state index contributed by atoms with van der Waals surface area (Å²) in [5.74, 6) is 7.36. The molecule has 297 valence electrons. The van der Waals surface area contributed by atoms with E-state index in [1.54, 1.807) is 0 Å². The number of hydrogen-bond donors (Lipinski definition) is 1. The molecule has 0 fully saturated rings. The Labute approximate surface area is 338 Å². The molecule has 0 aliphatic heterocycles. The number of benzene rings is 3. The van der Waals surface area contributed by atoms with Crippen LogP contribution in [-0.4, -0.2) is 40.5 Å². The molecule has 4 nitrogen and oxygen atoms in total. The number of halogens is 3. The van der Waals surface area contributed by atoms with Crippen molar-refractivity contribution in [2.45, 2.75) is 123 Å². The second-order valence-electron chi connectivity index (χ2n) is 16.9. The van der Waals surface area contributed by atoms with Gasteiger partial charge in [-0.3, -0.25) is 4.79 Å². The van der Waals surface area contributed by atoms with Gasteiger partial charge in [0.25, 0.3) is 0 Å². The van der Waals surface area contributed by atoms with Crippen LogP contribution in [0.25, 0.3) is 33.2 Å². The molecular weight excluding hydrogens is 922 g/mol. The fourth-order valence-corrected chi connectivity index (χ4v) is 9.36. The third kappa shape index (κ3) is 12.1. The van der Waals surface area contributed by atoms with Gasteiger partial charge in [-0.05, 0) is 25.7 Å². The van der Waals surface area contributed by atoms with Gasteiger partial charge in [0.2, 0.25) is 0 Å². The summed E-state index contributed by atoms with van der Waals surface area (Å²) in [4.78, 5) is 11.7. The van der Waals surface area contributed by atoms with E-state index in [1.807, 2.05) is 64.1 Å². The Morgan fingerprint density at radius 1 is 0.833 bits per heavy atom. The number of aliphatic hydroxyl groups excluding tert-OH is 1. The molecule has 0 unspecified atom stereocenters. The number of carbonyl (C=O) groups is 1. The number of aromatic nitrogens is 2. The standard InChI is InChI=1S/C32H36F3GeN2.C13H24O2.Ir/c1-30(2,3)27-18-24(17-23-11-9-10-12-25(23)27)28-19-26(29(38-37-28)36(6,7)8)22-15-13-21(14-16-22)20-31(4,5)32(33,34)35;1-5-10(6-2)12(14)9-13(15)11(7-3)8-4;/h9-16,18-19H,20H2,1-8H3;9-11,14H,5-8H2,1-4H3;/q-1;;/b;12-9-;. The van der Waals surface area contributed by atoms with Crippen molar-refractivity contribution in [3.05, 3.63) is 89.7 Å². The first-order chi connectivity index (χ1) is 24.6. The molecule has 0 bridgehead atoms. The van der Waals surface area contributed by atoms with E-state index >= 15 is 0 Å². The predicted molar refractivity (Wildman–Crippen MR) is 218 cm³/mol. The molecule has 54 heavy (non-hydrogen) atoms. The molecule has 1 radical (unpaired) electrons. The zero-order valence-electron chi connectivity index (χ0n) is 34.3. The van der Waals surface area contributed by atoms with Crippen molar-refractivity contribution in [1.29, 1.82) is 0 Å². The van der Waals surface area contributed by atoms with Gasteiger partial charge in [-0.25, -0.2) is 0 Å². The van der Waals surface area contributed by atoms with Crippen molar-refractivity contribution < 1.29 is 43.2 Å². The van der Waals surface area contributed by atoms with Crippen LogP contribution >= 0.6 is 0 Å². The fourth-order valence-electron chi connectivity index (χ4n) is 6.48. The molecule has 0 spiro atoms. The summed E-state index contributed by atoms with van der Waals surface area (Å²) in [5.41, 5.74) is 3.61. The van der Waals surface area contributed by atoms with Crippen LogP contribution in [0.3, 0.4) is 0 Å². The molecular formula is C45H60F3GeIrN2O2-. The Balaban J connectivity index is 0.000000536. The molecule has 0 amide bonds. The molecule has 4 rings (SSSR count). The smallest absolute Gasteiger partial charge is 0.162 e. The van der Waals surface area contributed by atoms with E-state index in [0.717, 1.165) is 58.0 Å². The van der Waals surface area contributed by atoms with Crippen LogP contribution in [0.4, 0.5) is 13.2 Å². The monoisotopic (exact) mass is 984 g/mol. The Morgan fingerprint density at radius 2 is 1.39 bits per heavy atom. The van der Waals surface area contributed by atoms with Crippen LogP contribution in [0.5, 0.6) is 0 Å². The Morgan fingerprint density at radius 3 is 1.89 bits per heavy atom. The van der Waals surface area contributed by atoms with Gasteiger partial charge in [0.15, 0.2) is 5.78 Å². The van der Waals surface area contributed by atoms with E-state index < -0.39 is 24.9 Å². The quantitative estimate of drug-likeness (QED) is 0.0665. The van der Waals surface area contributed by atoms with Crippen molar-refractivity contribution in [3.8, 4) is 22.4 Å². The Kier molecular flexibility index (Phi) is 17.0. The van der Waals surface area contributed by atoms with Crippen LogP contribution < -0.4 is 4.53 Å². The third-order valence-electron chi connectivity index (χ3n) is 10.1. The fraction of sp³-hybridized carbons (Fsp3) is 0.489. The van der Waals surface area contributed by atoms with E-state index in [9.17, 15) is 23.1 Å². The maximum Gasteiger partial charge on any atom is 0.162 e. The first kappa shape index (κ1) is 47.3. The number of alkyl halides is 3. The number of hydrogen-bond acceptors (Lipinski definition) is 4. The van der Waals surface area contributed by atoms with Crippen LogP contribution in [0.2, 0.25) is 17.3 Å². The number of fused-ring (bicyclic) bond motifs is 1. The first-order valence-electron chi connectivity index (χ1n) is 19.0. The average molecular weight is 983 g/mol. The Hall–Kier alpha value is -2.81. The number of ketones is 1. The van der Waals surface area contributed by atoms with Gasteiger partial charge >= 0.3 is 227 Å². The van der Waals surface area contributed by atoms with Crippen LogP contribution in [0, 0.1) is 23.3 Å². The average Bonchev–Trinajstić information content (AvgIpc) is 3.07. The summed E-state index contributed by atoms with van der Waals surface area (Å²) in [6.07, 6.45) is 0.580. The molecule has 4 aromatic rings. The number of rotatable bonds is 12. The molecule has 1 heterocycles. The number of carbonyl (C=O) groups excluding carboxylic acids is 1. The molecule has 9 heteroatoms. The van der Waals surface area contributed by atoms with E-state index in [4.69, 9.17) is 5.10 Å². The molecule has 0 aliphatic rings. The second-order valence-corrected chi connectivity index (χ2v) is 27.3. The molecule has 0 saturated heterocycles. The molecule has 0 atom stereocenters. The minimum absolute atomic E-state index is 0. The molecule has 3 aromatic carbocycles. The van der Waals surface area contributed by atoms with Gasteiger partial charge in [-0.15, -0.1) is 0 Å². The molecule has 0 saturated carbocycles. The molecule has 1 aromatic heterocycles.